The molecule has 2 atom stereocenters. The van der Waals surface area contributed by atoms with Gasteiger partial charge in [-0.15, -0.1) is 0 Å². The summed E-state index contributed by atoms with van der Waals surface area (Å²) in [5.74, 6) is 0.822. The summed E-state index contributed by atoms with van der Waals surface area (Å²) in [5, 5.41) is 11.6. The number of benzene rings is 1. The minimum absolute atomic E-state index is 0.134. The fourth-order valence-electron chi connectivity index (χ4n) is 1.62. The maximum Gasteiger partial charge on any atom is 0.260 e. The van der Waals surface area contributed by atoms with Crippen molar-refractivity contribution in [2.75, 3.05) is 13.2 Å². The summed E-state index contributed by atoms with van der Waals surface area (Å²) in [4.78, 5) is 11.8. The van der Waals surface area contributed by atoms with E-state index in [1.54, 1.807) is 6.92 Å². The molecule has 106 valence electrons. The highest BCUT2D eigenvalue weighted by molar-refractivity contribution is 5.80. The summed E-state index contributed by atoms with van der Waals surface area (Å²) in [6, 6.07) is 7.60. The second-order valence-electron chi connectivity index (χ2n) is 4.94. The summed E-state index contributed by atoms with van der Waals surface area (Å²) >= 11 is 0. The topological polar surface area (TPSA) is 58.6 Å². The molecule has 0 aliphatic heterocycles. The van der Waals surface area contributed by atoms with Crippen molar-refractivity contribution in [2.45, 2.75) is 33.3 Å². The van der Waals surface area contributed by atoms with Crippen LogP contribution in [0.2, 0.25) is 0 Å². The second kappa shape index (κ2) is 7.79. The molecule has 0 aromatic heterocycles. The lowest BCUT2D eigenvalue weighted by Crippen LogP contribution is -2.38. The van der Waals surface area contributed by atoms with E-state index in [1.165, 1.54) is 0 Å². The van der Waals surface area contributed by atoms with Gasteiger partial charge in [0.15, 0.2) is 6.10 Å². The van der Waals surface area contributed by atoms with E-state index in [0.29, 0.717) is 18.7 Å². The number of amides is 1. The first-order chi connectivity index (χ1) is 9.02. The fraction of sp³-hybridized carbons (Fsp3) is 0.533. The van der Waals surface area contributed by atoms with Gasteiger partial charge in [0.05, 0.1) is 0 Å². The van der Waals surface area contributed by atoms with Crippen molar-refractivity contribution in [3.8, 4) is 5.75 Å². The van der Waals surface area contributed by atoms with Gasteiger partial charge in [0.25, 0.3) is 5.91 Å². The van der Waals surface area contributed by atoms with Gasteiger partial charge in [-0.3, -0.25) is 4.79 Å². The lowest BCUT2D eigenvalue weighted by atomic mass is 10.1. The molecule has 0 saturated heterocycles. The Morgan fingerprint density at radius 1 is 1.32 bits per heavy atom. The van der Waals surface area contributed by atoms with E-state index in [0.717, 1.165) is 5.56 Å². The zero-order valence-electron chi connectivity index (χ0n) is 11.8. The monoisotopic (exact) mass is 265 g/mol. The van der Waals surface area contributed by atoms with Crippen molar-refractivity contribution in [3.05, 3.63) is 29.8 Å². The third-order valence-electron chi connectivity index (χ3n) is 2.95. The maximum atomic E-state index is 11.8. The molecule has 0 saturated carbocycles. The van der Waals surface area contributed by atoms with Crippen LogP contribution >= 0.6 is 0 Å². The molecule has 0 aliphatic rings. The van der Waals surface area contributed by atoms with Gasteiger partial charge in [0.1, 0.15) is 5.75 Å². The Morgan fingerprint density at radius 2 is 1.95 bits per heavy atom. The molecule has 0 aliphatic carbocycles. The maximum absolute atomic E-state index is 11.8. The number of hydrogen-bond donors (Lipinski definition) is 2. The van der Waals surface area contributed by atoms with Crippen LogP contribution in [0, 0.1) is 12.8 Å². The Hall–Kier alpha value is -1.55. The van der Waals surface area contributed by atoms with Crippen molar-refractivity contribution >= 4 is 5.91 Å². The van der Waals surface area contributed by atoms with Gasteiger partial charge >= 0.3 is 0 Å². The first-order valence-electron chi connectivity index (χ1n) is 6.64. The largest absolute Gasteiger partial charge is 0.481 e. The van der Waals surface area contributed by atoms with Gasteiger partial charge < -0.3 is 15.2 Å². The molecule has 1 aromatic carbocycles. The normalized spacial score (nSPS) is 13.7. The third-order valence-corrected chi connectivity index (χ3v) is 2.95. The van der Waals surface area contributed by atoms with Crippen molar-refractivity contribution < 1.29 is 14.6 Å². The minimum Gasteiger partial charge on any atom is -0.481 e. The molecule has 19 heavy (non-hydrogen) atoms. The van der Waals surface area contributed by atoms with Crippen molar-refractivity contribution in [1.29, 1.82) is 0 Å². The van der Waals surface area contributed by atoms with Crippen LogP contribution in [0.1, 0.15) is 25.8 Å². The Labute approximate surface area is 114 Å². The molecule has 1 rings (SSSR count). The minimum atomic E-state index is -0.524. The predicted octanol–water partition coefficient (Wildman–Crippen LogP) is 1.90. The summed E-state index contributed by atoms with van der Waals surface area (Å²) in [6.07, 6.45) is 0.164. The smallest absolute Gasteiger partial charge is 0.260 e. The van der Waals surface area contributed by atoms with Gasteiger partial charge in [-0.2, -0.15) is 0 Å². The first kappa shape index (κ1) is 15.5. The highest BCUT2D eigenvalue weighted by atomic mass is 16.5. The molecular formula is C15H23NO3. The number of aryl methyl sites for hydroxylation is 1. The lowest BCUT2D eigenvalue weighted by Gasteiger charge is -2.16. The van der Waals surface area contributed by atoms with Crippen LogP contribution in [-0.4, -0.2) is 30.3 Å². The summed E-state index contributed by atoms with van der Waals surface area (Å²) in [6.45, 7) is 6.42. The van der Waals surface area contributed by atoms with E-state index < -0.39 is 6.10 Å². The van der Waals surface area contributed by atoms with Gasteiger partial charge in [0, 0.05) is 13.2 Å². The fourth-order valence-corrected chi connectivity index (χ4v) is 1.62. The van der Waals surface area contributed by atoms with Gasteiger partial charge in [-0.25, -0.2) is 0 Å². The molecule has 0 spiro atoms. The third kappa shape index (κ3) is 5.75. The molecule has 4 heteroatoms. The molecule has 1 aromatic rings. The predicted molar refractivity (Wildman–Crippen MR) is 75.1 cm³/mol. The zero-order valence-corrected chi connectivity index (χ0v) is 11.8. The lowest BCUT2D eigenvalue weighted by molar-refractivity contribution is -0.127. The van der Waals surface area contributed by atoms with Crippen molar-refractivity contribution in [3.63, 3.8) is 0 Å². The van der Waals surface area contributed by atoms with Gasteiger partial charge in [0.2, 0.25) is 0 Å². The number of carbonyl (C=O) groups is 1. The zero-order chi connectivity index (χ0) is 14.3. The molecule has 1 amide bonds. The first-order valence-corrected chi connectivity index (χ1v) is 6.64. The number of ether oxygens (including phenoxy) is 1. The highest BCUT2D eigenvalue weighted by Crippen LogP contribution is 2.13. The number of aliphatic hydroxyl groups is 1. The van der Waals surface area contributed by atoms with Gasteiger partial charge in [-0.1, -0.05) is 24.6 Å². The molecule has 0 fully saturated rings. The average Bonchev–Trinajstić information content (AvgIpc) is 2.39. The number of rotatable bonds is 7. The Kier molecular flexibility index (Phi) is 6.36. The summed E-state index contributed by atoms with van der Waals surface area (Å²) in [5.41, 5.74) is 1.15. The van der Waals surface area contributed by atoms with E-state index in [1.807, 2.05) is 38.1 Å². The van der Waals surface area contributed by atoms with E-state index in [4.69, 9.17) is 9.84 Å². The van der Waals surface area contributed by atoms with Crippen molar-refractivity contribution in [1.82, 2.24) is 5.32 Å². The van der Waals surface area contributed by atoms with Crippen LogP contribution in [0.5, 0.6) is 5.75 Å². The van der Waals surface area contributed by atoms with Crippen molar-refractivity contribution in [2.24, 2.45) is 5.92 Å². The summed E-state index contributed by atoms with van der Waals surface area (Å²) in [7, 11) is 0. The molecule has 0 bridgehead atoms. The molecular weight excluding hydrogens is 242 g/mol. The average molecular weight is 265 g/mol. The van der Waals surface area contributed by atoms with Gasteiger partial charge in [-0.05, 0) is 38.3 Å². The molecule has 2 unspecified atom stereocenters. The molecule has 4 nitrogen and oxygen atoms in total. The number of carbonyl (C=O) groups excluding carboxylic acids is 1. The van der Waals surface area contributed by atoms with E-state index in [2.05, 4.69) is 5.32 Å². The standard InChI is InChI=1S/C15H23NO3/c1-11-4-6-14(7-5-11)19-13(3)15(18)16-10-12(2)8-9-17/h4-7,12-13,17H,8-10H2,1-3H3,(H,16,18). The molecule has 0 radical (unpaired) electrons. The second-order valence-corrected chi connectivity index (χ2v) is 4.94. The van der Waals surface area contributed by atoms with E-state index in [-0.39, 0.29) is 18.4 Å². The van der Waals surface area contributed by atoms with Crippen LogP contribution in [0.25, 0.3) is 0 Å². The Bertz CT molecular complexity index is 389. The molecule has 2 N–H and O–H groups in total. The highest BCUT2D eigenvalue weighted by Gasteiger charge is 2.15. The Morgan fingerprint density at radius 3 is 2.53 bits per heavy atom. The SMILES string of the molecule is Cc1ccc(OC(C)C(=O)NCC(C)CCO)cc1. The van der Waals surface area contributed by atoms with E-state index >= 15 is 0 Å². The van der Waals surface area contributed by atoms with Crippen LogP contribution in [0.15, 0.2) is 24.3 Å². The number of aliphatic hydroxyl groups excluding tert-OH is 1. The quantitative estimate of drug-likeness (QED) is 0.791. The van der Waals surface area contributed by atoms with Crippen LogP contribution in [0.4, 0.5) is 0 Å². The van der Waals surface area contributed by atoms with Crippen LogP contribution in [0.3, 0.4) is 0 Å². The van der Waals surface area contributed by atoms with E-state index in [9.17, 15) is 4.79 Å². The summed E-state index contributed by atoms with van der Waals surface area (Å²) < 4.78 is 5.56. The van der Waals surface area contributed by atoms with Crippen LogP contribution < -0.4 is 10.1 Å². The molecule has 0 heterocycles. The number of hydrogen-bond acceptors (Lipinski definition) is 3. The Balaban J connectivity index is 2.38. The van der Waals surface area contributed by atoms with Crippen LogP contribution in [-0.2, 0) is 4.79 Å². The number of nitrogens with one attached hydrogen (secondary N) is 1.